The number of aromatic amines is 1. The highest BCUT2D eigenvalue weighted by Crippen LogP contribution is 2.12. The van der Waals surface area contributed by atoms with Gasteiger partial charge in [-0.1, -0.05) is 18.7 Å². The quantitative estimate of drug-likeness (QED) is 0.381. The third kappa shape index (κ3) is 6.03. The fourth-order valence-corrected chi connectivity index (χ4v) is 2.38. The third-order valence-corrected chi connectivity index (χ3v) is 3.59. The monoisotopic (exact) mass is 316 g/mol. The van der Waals surface area contributed by atoms with Gasteiger partial charge in [0.25, 0.3) is 0 Å². The Morgan fingerprint density at radius 3 is 2.90 bits per heavy atom. The zero-order chi connectivity index (χ0) is 15.7. The van der Waals surface area contributed by atoms with Crippen molar-refractivity contribution in [2.75, 3.05) is 19.4 Å². The summed E-state index contributed by atoms with van der Waals surface area (Å²) in [6.07, 6.45) is 1.62. The van der Waals surface area contributed by atoms with Crippen molar-refractivity contribution in [1.29, 1.82) is 0 Å². The van der Waals surface area contributed by atoms with Crippen molar-refractivity contribution in [2.24, 2.45) is 0 Å². The molecule has 8 nitrogen and oxygen atoms in total. The zero-order valence-corrected chi connectivity index (χ0v) is 13.0. The second-order valence-electron chi connectivity index (χ2n) is 4.28. The number of carbonyl (C=O) groups is 2. The second-order valence-corrected chi connectivity index (χ2v) is 5.22. The standard InChI is InChI=1S/C12H20N4O4S/c1-3-7-16-11(19)14-15-12(16)21-8-9(17)13-6-4-5-10(18)20-2/h3-8H2,1-2H3,(H,13,17)(H,14,19). The molecular weight excluding hydrogens is 296 g/mol. The minimum Gasteiger partial charge on any atom is -0.469 e. The van der Waals surface area contributed by atoms with E-state index in [1.165, 1.54) is 23.4 Å². The first-order valence-corrected chi connectivity index (χ1v) is 7.68. The van der Waals surface area contributed by atoms with E-state index >= 15 is 0 Å². The lowest BCUT2D eigenvalue weighted by atomic mass is 10.3. The summed E-state index contributed by atoms with van der Waals surface area (Å²) in [5.41, 5.74) is -0.266. The highest BCUT2D eigenvalue weighted by molar-refractivity contribution is 7.99. The zero-order valence-electron chi connectivity index (χ0n) is 12.2. The average Bonchev–Trinajstić information content (AvgIpc) is 2.82. The lowest BCUT2D eigenvalue weighted by Gasteiger charge is -2.05. The third-order valence-electron chi connectivity index (χ3n) is 2.61. The van der Waals surface area contributed by atoms with Crippen LogP contribution in [0, 0.1) is 0 Å². The number of H-pyrrole nitrogens is 1. The van der Waals surface area contributed by atoms with Crippen LogP contribution in [0.15, 0.2) is 9.95 Å². The van der Waals surface area contributed by atoms with Gasteiger partial charge in [-0.15, -0.1) is 5.10 Å². The van der Waals surface area contributed by atoms with Gasteiger partial charge in [-0.2, -0.15) is 0 Å². The summed E-state index contributed by atoms with van der Waals surface area (Å²) < 4.78 is 6.01. The van der Waals surface area contributed by atoms with E-state index in [0.717, 1.165) is 6.42 Å². The van der Waals surface area contributed by atoms with E-state index < -0.39 is 0 Å². The molecule has 0 unspecified atom stereocenters. The summed E-state index contributed by atoms with van der Waals surface area (Å²) in [5.74, 6) is -0.284. The van der Waals surface area contributed by atoms with Crippen molar-refractivity contribution in [1.82, 2.24) is 20.1 Å². The number of hydrogen-bond donors (Lipinski definition) is 2. The Morgan fingerprint density at radius 1 is 1.48 bits per heavy atom. The minimum atomic E-state index is -0.293. The molecule has 0 aliphatic heterocycles. The molecule has 118 valence electrons. The summed E-state index contributed by atoms with van der Waals surface area (Å²) in [6, 6.07) is 0. The number of methoxy groups -OCH3 is 1. The van der Waals surface area contributed by atoms with Gasteiger partial charge in [0.05, 0.1) is 12.9 Å². The van der Waals surface area contributed by atoms with Gasteiger partial charge in [0.1, 0.15) is 0 Å². The van der Waals surface area contributed by atoms with E-state index in [-0.39, 0.29) is 29.7 Å². The summed E-state index contributed by atoms with van der Waals surface area (Å²) in [6.45, 7) is 2.94. The number of thioether (sulfide) groups is 1. The maximum absolute atomic E-state index is 11.6. The maximum atomic E-state index is 11.6. The van der Waals surface area contributed by atoms with Crippen LogP contribution in [0.25, 0.3) is 0 Å². The molecule has 0 saturated heterocycles. The van der Waals surface area contributed by atoms with Crippen molar-refractivity contribution >= 4 is 23.6 Å². The second kappa shape index (κ2) is 9.22. The van der Waals surface area contributed by atoms with E-state index in [4.69, 9.17) is 0 Å². The Kier molecular flexibility index (Phi) is 7.59. The van der Waals surface area contributed by atoms with Crippen molar-refractivity contribution in [3.05, 3.63) is 10.5 Å². The Morgan fingerprint density at radius 2 is 2.24 bits per heavy atom. The molecule has 21 heavy (non-hydrogen) atoms. The Balaban J connectivity index is 2.30. The molecular formula is C12H20N4O4S. The van der Waals surface area contributed by atoms with Crippen molar-refractivity contribution < 1.29 is 14.3 Å². The van der Waals surface area contributed by atoms with Gasteiger partial charge in [0.15, 0.2) is 5.16 Å². The highest BCUT2D eigenvalue weighted by atomic mass is 32.2. The molecule has 0 aliphatic carbocycles. The molecule has 0 aliphatic rings. The lowest BCUT2D eigenvalue weighted by molar-refractivity contribution is -0.140. The summed E-state index contributed by atoms with van der Waals surface area (Å²) in [4.78, 5) is 34.0. The summed E-state index contributed by atoms with van der Waals surface area (Å²) in [7, 11) is 1.33. The van der Waals surface area contributed by atoms with Crippen LogP contribution >= 0.6 is 11.8 Å². The number of aromatic nitrogens is 3. The highest BCUT2D eigenvalue weighted by Gasteiger charge is 2.10. The van der Waals surface area contributed by atoms with E-state index in [9.17, 15) is 14.4 Å². The summed E-state index contributed by atoms with van der Waals surface area (Å²) in [5, 5.41) is 9.46. The number of rotatable bonds is 9. The lowest BCUT2D eigenvalue weighted by Crippen LogP contribution is -2.27. The predicted molar refractivity (Wildman–Crippen MR) is 78.1 cm³/mol. The molecule has 0 radical (unpaired) electrons. The number of esters is 1. The van der Waals surface area contributed by atoms with Crippen LogP contribution in [0.5, 0.6) is 0 Å². The van der Waals surface area contributed by atoms with Gasteiger partial charge < -0.3 is 10.1 Å². The van der Waals surface area contributed by atoms with Crippen molar-refractivity contribution in [3.63, 3.8) is 0 Å². The molecule has 0 bridgehead atoms. The van der Waals surface area contributed by atoms with Crippen LogP contribution < -0.4 is 11.0 Å². The van der Waals surface area contributed by atoms with Crippen molar-refractivity contribution in [2.45, 2.75) is 37.9 Å². The Labute approximate surface area is 126 Å². The molecule has 9 heteroatoms. The topological polar surface area (TPSA) is 106 Å². The maximum Gasteiger partial charge on any atom is 0.343 e. The molecule has 1 amide bonds. The van der Waals surface area contributed by atoms with Gasteiger partial charge in [-0.05, 0) is 12.8 Å². The molecule has 1 heterocycles. The number of nitrogens with one attached hydrogen (secondary N) is 2. The van der Waals surface area contributed by atoms with Crippen LogP contribution in [-0.2, 0) is 20.9 Å². The van der Waals surface area contributed by atoms with Crippen molar-refractivity contribution in [3.8, 4) is 0 Å². The molecule has 2 N–H and O–H groups in total. The molecule has 1 aromatic heterocycles. The average molecular weight is 316 g/mol. The molecule has 0 saturated carbocycles. The first kappa shape index (κ1) is 17.3. The van der Waals surface area contributed by atoms with Gasteiger partial charge in [0.2, 0.25) is 5.91 Å². The number of ether oxygens (including phenoxy) is 1. The normalized spacial score (nSPS) is 10.4. The first-order valence-electron chi connectivity index (χ1n) is 6.70. The van der Waals surface area contributed by atoms with E-state index in [2.05, 4.69) is 20.3 Å². The molecule has 1 aromatic rings. The van der Waals surface area contributed by atoms with Crippen LogP contribution in [-0.4, -0.2) is 46.0 Å². The van der Waals surface area contributed by atoms with Gasteiger partial charge in [-0.3, -0.25) is 14.2 Å². The van der Waals surface area contributed by atoms with Crippen LogP contribution in [0.3, 0.4) is 0 Å². The van der Waals surface area contributed by atoms with E-state index in [0.29, 0.717) is 24.7 Å². The largest absolute Gasteiger partial charge is 0.469 e. The van der Waals surface area contributed by atoms with E-state index in [1.54, 1.807) is 0 Å². The van der Waals surface area contributed by atoms with E-state index in [1.807, 2.05) is 6.92 Å². The number of carbonyl (C=O) groups excluding carboxylic acids is 2. The smallest absolute Gasteiger partial charge is 0.343 e. The number of nitrogens with zero attached hydrogens (tertiary/aromatic N) is 2. The first-order chi connectivity index (χ1) is 10.1. The molecule has 1 rings (SSSR count). The SMILES string of the molecule is CCCn1c(SCC(=O)NCCCC(=O)OC)n[nH]c1=O. The van der Waals surface area contributed by atoms with Crippen LogP contribution in [0.1, 0.15) is 26.2 Å². The fourth-order valence-electron chi connectivity index (χ4n) is 1.58. The fraction of sp³-hybridized carbons (Fsp3) is 0.667. The van der Waals surface area contributed by atoms with Gasteiger partial charge in [0, 0.05) is 19.5 Å². The molecule has 0 atom stereocenters. The van der Waals surface area contributed by atoms with Crippen LogP contribution in [0.4, 0.5) is 0 Å². The number of amides is 1. The summed E-state index contributed by atoms with van der Waals surface area (Å²) >= 11 is 1.20. The Bertz CT molecular complexity index is 526. The minimum absolute atomic E-state index is 0.164. The Hall–Kier alpha value is -1.77. The number of hydrogen-bond acceptors (Lipinski definition) is 6. The predicted octanol–water partition coefficient (Wildman–Crippen LogP) is 0.143. The molecule has 0 aromatic carbocycles. The van der Waals surface area contributed by atoms with Crippen LogP contribution in [0.2, 0.25) is 0 Å². The molecule has 0 fully saturated rings. The van der Waals surface area contributed by atoms with Gasteiger partial charge >= 0.3 is 11.7 Å². The van der Waals surface area contributed by atoms with Gasteiger partial charge in [-0.25, -0.2) is 9.89 Å². The molecule has 0 spiro atoms.